The summed E-state index contributed by atoms with van der Waals surface area (Å²) in [5, 5.41) is 5.05. The summed E-state index contributed by atoms with van der Waals surface area (Å²) in [5.74, 6) is 1.30. The minimum Gasteiger partial charge on any atom is -0.493 e. The second kappa shape index (κ2) is 9.07. The molecule has 3 aromatic carbocycles. The lowest BCUT2D eigenvalue weighted by Crippen LogP contribution is -2.00. The summed E-state index contributed by atoms with van der Waals surface area (Å²) >= 11 is 5.14. The maximum absolute atomic E-state index is 5.97. The van der Waals surface area contributed by atoms with Crippen LogP contribution in [0.3, 0.4) is 0 Å². The van der Waals surface area contributed by atoms with Gasteiger partial charge in [-0.15, -0.1) is 0 Å². The van der Waals surface area contributed by atoms with Crippen LogP contribution in [0.2, 0.25) is 0 Å². The van der Waals surface area contributed by atoms with Crippen molar-refractivity contribution in [3.8, 4) is 11.5 Å². The number of hydrogen-bond donors (Lipinski definition) is 1. The lowest BCUT2D eigenvalue weighted by atomic mass is 10.2. The Morgan fingerprint density at radius 1 is 1.10 bits per heavy atom. The molecule has 1 heterocycles. The van der Waals surface area contributed by atoms with Crippen LogP contribution in [0.25, 0.3) is 10.2 Å². The Kier molecular flexibility index (Phi) is 6.07. The molecule has 1 N–H and O–H groups in total. The number of fused-ring (bicyclic) bond motifs is 1. The number of methoxy groups -OCH3 is 1. The number of halogens is 1. The van der Waals surface area contributed by atoms with Gasteiger partial charge < -0.3 is 9.47 Å². The van der Waals surface area contributed by atoms with E-state index < -0.39 is 0 Å². The van der Waals surface area contributed by atoms with Gasteiger partial charge in [0, 0.05) is 0 Å². The standard InChI is InChI=1S/C22H18BrN3O2S/c1-27-19-12-16(11-17(23)21(19)28-14-15-7-3-2-4-8-15)13-24-26-22-25-18-9-5-6-10-20(18)29-22/h2-13H,14H2,1H3,(H,25,26)/b24-13+. The van der Waals surface area contributed by atoms with Crippen molar-refractivity contribution in [2.45, 2.75) is 6.61 Å². The molecule has 0 spiro atoms. The summed E-state index contributed by atoms with van der Waals surface area (Å²) < 4.78 is 13.4. The Labute approximate surface area is 181 Å². The molecule has 0 saturated heterocycles. The van der Waals surface area contributed by atoms with Gasteiger partial charge in [-0.3, -0.25) is 5.43 Å². The van der Waals surface area contributed by atoms with Crippen LogP contribution < -0.4 is 14.9 Å². The monoisotopic (exact) mass is 467 g/mol. The predicted octanol–water partition coefficient (Wildman–Crippen LogP) is 6.09. The number of aromatic nitrogens is 1. The molecule has 0 amide bonds. The molecule has 0 unspecified atom stereocenters. The minimum atomic E-state index is 0.461. The Morgan fingerprint density at radius 2 is 1.90 bits per heavy atom. The first kappa shape index (κ1) is 19.4. The molecule has 4 rings (SSSR count). The predicted molar refractivity (Wildman–Crippen MR) is 122 cm³/mol. The fourth-order valence-corrected chi connectivity index (χ4v) is 4.16. The molecular weight excluding hydrogens is 450 g/mol. The van der Waals surface area contributed by atoms with E-state index in [1.807, 2.05) is 66.7 Å². The highest BCUT2D eigenvalue weighted by Crippen LogP contribution is 2.37. The number of hydrazone groups is 1. The van der Waals surface area contributed by atoms with E-state index in [-0.39, 0.29) is 0 Å². The van der Waals surface area contributed by atoms with Gasteiger partial charge in [0.25, 0.3) is 0 Å². The lowest BCUT2D eigenvalue weighted by molar-refractivity contribution is 0.282. The highest BCUT2D eigenvalue weighted by molar-refractivity contribution is 9.10. The van der Waals surface area contributed by atoms with Crippen LogP contribution in [0.15, 0.2) is 76.3 Å². The highest BCUT2D eigenvalue weighted by Gasteiger charge is 2.11. The third kappa shape index (κ3) is 4.75. The molecule has 0 aliphatic carbocycles. The maximum Gasteiger partial charge on any atom is 0.204 e. The van der Waals surface area contributed by atoms with Crippen LogP contribution in [0, 0.1) is 0 Å². The number of nitrogens with one attached hydrogen (secondary N) is 1. The molecule has 1 aromatic heterocycles. The maximum atomic E-state index is 5.97. The lowest BCUT2D eigenvalue weighted by Gasteiger charge is -2.13. The summed E-state index contributed by atoms with van der Waals surface area (Å²) in [7, 11) is 1.62. The van der Waals surface area contributed by atoms with Crippen molar-refractivity contribution in [3.05, 3.63) is 82.3 Å². The third-order valence-corrected chi connectivity index (χ3v) is 5.68. The van der Waals surface area contributed by atoms with Crippen molar-refractivity contribution in [2.75, 3.05) is 12.5 Å². The summed E-state index contributed by atoms with van der Waals surface area (Å²) in [6, 6.07) is 21.8. The average Bonchev–Trinajstić information content (AvgIpc) is 3.16. The van der Waals surface area contributed by atoms with E-state index in [0.29, 0.717) is 18.1 Å². The van der Waals surface area contributed by atoms with Crippen molar-refractivity contribution in [1.29, 1.82) is 0 Å². The van der Waals surface area contributed by atoms with Gasteiger partial charge in [0.2, 0.25) is 5.13 Å². The number of para-hydroxylation sites is 1. The molecule has 5 nitrogen and oxygen atoms in total. The molecule has 4 aromatic rings. The molecule has 0 atom stereocenters. The zero-order chi connectivity index (χ0) is 20.1. The third-order valence-electron chi connectivity index (χ3n) is 4.15. The minimum absolute atomic E-state index is 0.461. The van der Waals surface area contributed by atoms with Crippen LogP contribution in [0.5, 0.6) is 11.5 Å². The molecule has 146 valence electrons. The molecule has 0 bridgehead atoms. The number of benzene rings is 3. The summed E-state index contributed by atoms with van der Waals surface area (Å²) in [5.41, 5.74) is 5.91. The molecule has 0 saturated carbocycles. The molecule has 7 heteroatoms. The van der Waals surface area contributed by atoms with Crippen molar-refractivity contribution < 1.29 is 9.47 Å². The summed E-state index contributed by atoms with van der Waals surface area (Å²) in [6.07, 6.45) is 1.72. The second-order valence-electron chi connectivity index (χ2n) is 6.17. The van der Waals surface area contributed by atoms with Gasteiger partial charge >= 0.3 is 0 Å². The Morgan fingerprint density at radius 3 is 2.69 bits per heavy atom. The van der Waals surface area contributed by atoms with Crippen LogP contribution in [0.4, 0.5) is 5.13 Å². The molecule has 0 aliphatic rings. The van der Waals surface area contributed by atoms with Crippen molar-refractivity contribution in [1.82, 2.24) is 4.98 Å². The second-order valence-corrected chi connectivity index (χ2v) is 8.05. The van der Waals surface area contributed by atoms with Crippen molar-refractivity contribution >= 4 is 48.8 Å². The first-order valence-corrected chi connectivity index (χ1v) is 10.5. The quantitative estimate of drug-likeness (QED) is 0.263. The van der Waals surface area contributed by atoms with Gasteiger partial charge in [-0.05, 0) is 51.3 Å². The van der Waals surface area contributed by atoms with Crippen LogP contribution in [0.1, 0.15) is 11.1 Å². The Hall–Kier alpha value is -2.90. The van der Waals surface area contributed by atoms with Crippen LogP contribution in [-0.4, -0.2) is 18.3 Å². The van der Waals surface area contributed by atoms with E-state index in [1.165, 1.54) is 0 Å². The first-order valence-electron chi connectivity index (χ1n) is 8.92. The van der Waals surface area contributed by atoms with E-state index in [2.05, 4.69) is 31.4 Å². The first-order chi connectivity index (χ1) is 14.2. The zero-order valence-corrected chi connectivity index (χ0v) is 18.0. The number of ether oxygens (including phenoxy) is 2. The number of anilines is 1. The SMILES string of the molecule is COc1cc(/C=N/Nc2nc3ccccc3s2)cc(Br)c1OCc1ccccc1. The number of thiazole rings is 1. The summed E-state index contributed by atoms with van der Waals surface area (Å²) in [4.78, 5) is 4.50. The van der Waals surface area contributed by atoms with E-state index in [4.69, 9.17) is 9.47 Å². The largest absolute Gasteiger partial charge is 0.493 e. The number of nitrogens with zero attached hydrogens (tertiary/aromatic N) is 2. The Bertz CT molecular complexity index is 1110. The Balaban J connectivity index is 1.47. The van der Waals surface area contributed by atoms with Gasteiger partial charge in [0.15, 0.2) is 11.5 Å². The van der Waals surface area contributed by atoms with Crippen LogP contribution in [-0.2, 0) is 6.61 Å². The van der Waals surface area contributed by atoms with E-state index in [0.717, 1.165) is 30.9 Å². The van der Waals surface area contributed by atoms with Crippen molar-refractivity contribution in [3.63, 3.8) is 0 Å². The van der Waals surface area contributed by atoms with Crippen molar-refractivity contribution in [2.24, 2.45) is 5.10 Å². The smallest absolute Gasteiger partial charge is 0.204 e. The molecule has 29 heavy (non-hydrogen) atoms. The van der Waals surface area contributed by atoms with Gasteiger partial charge in [-0.1, -0.05) is 53.8 Å². The van der Waals surface area contributed by atoms with E-state index >= 15 is 0 Å². The normalized spacial score (nSPS) is 11.1. The van der Waals surface area contributed by atoms with Gasteiger partial charge in [-0.2, -0.15) is 5.10 Å². The van der Waals surface area contributed by atoms with Gasteiger partial charge in [0.1, 0.15) is 6.61 Å². The number of rotatable bonds is 7. The fraction of sp³-hybridized carbons (Fsp3) is 0.0909. The van der Waals surface area contributed by atoms with Gasteiger partial charge in [0.05, 0.1) is 28.0 Å². The fourth-order valence-electron chi connectivity index (χ4n) is 2.77. The average molecular weight is 468 g/mol. The van der Waals surface area contributed by atoms with E-state index in [9.17, 15) is 0 Å². The molecule has 0 aliphatic heterocycles. The number of hydrogen-bond acceptors (Lipinski definition) is 6. The molecular formula is C22H18BrN3O2S. The van der Waals surface area contributed by atoms with Gasteiger partial charge in [-0.25, -0.2) is 4.98 Å². The molecule has 0 fully saturated rings. The molecule has 0 radical (unpaired) electrons. The summed E-state index contributed by atoms with van der Waals surface area (Å²) in [6.45, 7) is 0.461. The van der Waals surface area contributed by atoms with Crippen LogP contribution >= 0.6 is 27.3 Å². The highest BCUT2D eigenvalue weighted by atomic mass is 79.9. The topological polar surface area (TPSA) is 55.7 Å². The zero-order valence-electron chi connectivity index (χ0n) is 15.6. The van der Waals surface area contributed by atoms with E-state index in [1.54, 1.807) is 24.7 Å².